The highest BCUT2D eigenvalue weighted by atomic mass is 19.3. The minimum Gasteiger partial charge on any atom is -0.383 e. The van der Waals surface area contributed by atoms with Crippen LogP contribution in [0.5, 0.6) is 0 Å². The maximum absolute atomic E-state index is 13.2. The minimum absolute atomic E-state index is 0.355. The summed E-state index contributed by atoms with van der Waals surface area (Å²) in [4.78, 5) is 8.93. The first kappa shape index (κ1) is 19.1. The lowest BCUT2D eigenvalue weighted by molar-refractivity contribution is 0.0688. The quantitative estimate of drug-likeness (QED) is 0.746. The first-order valence-corrected chi connectivity index (χ1v) is 10.1. The Hall–Kier alpha value is -2.21. The fourth-order valence-electron chi connectivity index (χ4n) is 3.85. The molecule has 1 saturated carbocycles. The molecule has 1 aliphatic carbocycles. The van der Waals surface area contributed by atoms with Crippen LogP contribution in [0.1, 0.15) is 18.4 Å². The predicted molar refractivity (Wildman–Crippen MR) is 109 cm³/mol. The van der Waals surface area contributed by atoms with Crippen molar-refractivity contribution in [1.29, 1.82) is 0 Å². The van der Waals surface area contributed by atoms with E-state index in [4.69, 9.17) is 0 Å². The number of hydrogen-bond donors (Lipinski definition) is 1. The number of alkyl halides is 2. The van der Waals surface area contributed by atoms with Crippen molar-refractivity contribution in [2.45, 2.75) is 25.7 Å². The zero-order valence-corrected chi connectivity index (χ0v) is 16.2. The van der Waals surface area contributed by atoms with Gasteiger partial charge >= 0.3 is 0 Å². The molecule has 0 atom stereocenters. The van der Waals surface area contributed by atoms with Gasteiger partial charge in [0, 0.05) is 57.1 Å². The minimum atomic E-state index is -2.24. The number of aromatic nitrogens is 1. The molecule has 0 spiro atoms. The van der Waals surface area contributed by atoms with E-state index in [9.17, 15) is 8.78 Å². The Bertz CT molecular complexity index is 756. The molecule has 2 aromatic rings. The van der Waals surface area contributed by atoms with Gasteiger partial charge in [-0.05, 0) is 49.1 Å². The van der Waals surface area contributed by atoms with Crippen molar-refractivity contribution in [1.82, 2.24) is 9.88 Å². The van der Waals surface area contributed by atoms with E-state index in [1.807, 2.05) is 30.6 Å². The van der Waals surface area contributed by atoms with Crippen LogP contribution in [0.4, 0.5) is 20.2 Å². The molecule has 0 radical (unpaired) electrons. The van der Waals surface area contributed by atoms with Gasteiger partial charge in [0.05, 0.1) is 11.4 Å². The maximum Gasteiger partial charge on any atom is 0.245 e. The molecular weight excluding hydrogens is 358 g/mol. The van der Waals surface area contributed by atoms with Crippen molar-refractivity contribution in [3.8, 4) is 0 Å². The van der Waals surface area contributed by atoms with Crippen LogP contribution in [0.3, 0.4) is 0 Å². The summed E-state index contributed by atoms with van der Waals surface area (Å²) in [6, 6.07) is 12.2. The largest absolute Gasteiger partial charge is 0.383 e. The molecule has 0 amide bonds. The van der Waals surface area contributed by atoms with E-state index < -0.39 is 11.8 Å². The lowest BCUT2D eigenvalue weighted by atomic mass is 10.1. The van der Waals surface area contributed by atoms with Crippen LogP contribution in [0.15, 0.2) is 48.8 Å². The molecule has 0 bridgehead atoms. The van der Waals surface area contributed by atoms with E-state index in [0.29, 0.717) is 19.4 Å². The molecule has 2 fully saturated rings. The first-order chi connectivity index (χ1) is 13.7. The molecule has 1 aliphatic heterocycles. The van der Waals surface area contributed by atoms with Gasteiger partial charge < -0.3 is 10.2 Å². The Labute approximate surface area is 165 Å². The molecule has 2 heterocycles. The van der Waals surface area contributed by atoms with Crippen LogP contribution in [0, 0.1) is 5.41 Å². The molecular formula is C22H28F2N4. The maximum atomic E-state index is 13.2. The SMILES string of the molecule is FC(F)C1(CNc2ccccc2N2CCN(CCc3ccncc3)CC2)CC1. The van der Waals surface area contributed by atoms with Crippen molar-refractivity contribution >= 4 is 11.4 Å². The number of piperazine rings is 1. The van der Waals surface area contributed by atoms with Crippen molar-refractivity contribution in [3.63, 3.8) is 0 Å². The molecule has 4 nitrogen and oxygen atoms in total. The smallest absolute Gasteiger partial charge is 0.245 e. The molecule has 1 N–H and O–H groups in total. The summed E-state index contributed by atoms with van der Waals surface area (Å²) < 4.78 is 26.4. The molecule has 2 aliphatic rings. The highest BCUT2D eigenvalue weighted by Crippen LogP contribution is 2.50. The van der Waals surface area contributed by atoms with Gasteiger partial charge in [-0.15, -0.1) is 0 Å². The van der Waals surface area contributed by atoms with Gasteiger partial charge in [-0.3, -0.25) is 9.88 Å². The van der Waals surface area contributed by atoms with Gasteiger partial charge in [-0.25, -0.2) is 8.78 Å². The number of benzene rings is 1. The number of nitrogens with zero attached hydrogens (tertiary/aromatic N) is 3. The third-order valence-electron chi connectivity index (χ3n) is 6.07. The number of nitrogens with one attached hydrogen (secondary N) is 1. The second-order valence-corrected chi connectivity index (χ2v) is 7.97. The molecule has 1 aromatic carbocycles. The van der Waals surface area contributed by atoms with Crippen LogP contribution >= 0.6 is 0 Å². The number of anilines is 2. The zero-order valence-electron chi connectivity index (χ0n) is 16.2. The van der Waals surface area contributed by atoms with E-state index in [0.717, 1.165) is 50.5 Å². The fourth-order valence-corrected chi connectivity index (χ4v) is 3.85. The summed E-state index contributed by atoms with van der Waals surface area (Å²) in [5.41, 5.74) is 2.61. The third-order valence-corrected chi connectivity index (χ3v) is 6.07. The molecule has 1 aromatic heterocycles. The summed E-state index contributed by atoms with van der Waals surface area (Å²) in [6.45, 7) is 5.34. The summed E-state index contributed by atoms with van der Waals surface area (Å²) in [5, 5.41) is 3.31. The van der Waals surface area contributed by atoms with E-state index in [1.54, 1.807) is 0 Å². The van der Waals surface area contributed by atoms with Crippen LogP contribution in [-0.4, -0.2) is 55.6 Å². The number of halogens is 2. The third kappa shape index (κ3) is 4.43. The standard InChI is InChI=1S/C22H28F2N4/c23-21(24)22(8-9-22)17-26-19-3-1-2-4-20(19)28-15-13-27(14-16-28)12-7-18-5-10-25-11-6-18/h1-6,10-11,21,26H,7-9,12-17H2. The van der Waals surface area contributed by atoms with Crippen LogP contribution in [-0.2, 0) is 6.42 Å². The van der Waals surface area contributed by atoms with E-state index in [-0.39, 0.29) is 0 Å². The Morgan fingerprint density at radius 2 is 1.71 bits per heavy atom. The summed E-state index contributed by atoms with van der Waals surface area (Å²) in [7, 11) is 0. The zero-order chi connectivity index (χ0) is 19.4. The molecule has 28 heavy (non-hydrogen) atoms. The van der Waals surface area contributed by atoms with Crippen molar-refractivity contribution < 1.29 is 8.78 Å². The highest BCUT2D eigenvalue weighted by molar-refractivity contribution is 5.70. The fraction of sp³-hybridized carbons (Fsp3) is 0.500. The monoisotopic (exact) mass is 386 g/mol. The van der Waals surface area contributed by atoms with Gasteiger partial charge in [0.1, 0.15) is 0 Å². The van der Waals surface area contributed by atoms with Crippen molar-refractivity contribution in [3.05, 3.63) is 54.4 Å². The highest BCUT2D eigenvalue weighted by Gasteiger charge is 2.50. The molecule has 0 unspecified atom stereocenters. The number of para-hydroxylation sites is 2. The van der Waals surface area contributed by atoms with Gasteiger partial charge in [-0.2, -0.15) is 0 Å². The Morgan fingerprint density at radius 1 is 1.00 bits per heavy atom. The molecule has 1 saturated heterocycles. The number of rotatable bonds is 8. The van der Waals surface area contributed by atoms with Crippen LogP contribution in [0.25, 0.3) is 0 Å². The van der Waals surface area contributed by atoms with E-state index >= 15 is 0 Å². The average Bonchev–Trinajstić information content (AvgIpc) is 3.54. The molecule has 150 valence electrons. The summed E-state index contributed by atoms with van der Waals surface area (Å²) >= 11 is 0. The lowest BCUT2D eigenvalue weighted by Gasteiger charge is -2.37. The topological polar surface area (TPSA) is 31.4 Å². The summed E-state index contributed by atoms with van der Waals surface area (Å²) in [6.07, 6.45) is 3.73. The van der Waals surface area contributed by atoms with Crippen LogP contribution in [0.2, 0.25) is 0 Å². The molecule has 6 heteroatoms. The van der Waals surface area contributed by atoms with Gasteiger partial charge in [0.2, 0.25) is 6.43 Å². The first-order valence-electron chi connectivity index (χ1n) is 10.1. The lowest BCUT2D eigenvalue weighted by Crippen LogP contribution is -2.47. The number of hydrogen-bond acceptors (Lipinski definition) is 4. The van der Waals surface area contributed by atoms with Gasteiger partial charge in [0.15, 0.2) is 0 Å². The van der Waals surface area contributed by atoms with Gasteiger partial charge in [0.25, 0.3) is 0 Å². The second kappa shape index (κ2) is 8.43. The summed E-state index contributed by atoms with van der Waals surface area (Å²) in [5.74, 6) is 0. The van der Waals surface area contributed by atoms with Gasteiger partial charge in [-0.1, -0.05) is 12.1 Å². The average molecular weight is 386 g/mol. The van der Waals surface area contributed by atoms with Crippen LogP contribution < -0.4 is 10.2 Å². The van der Waals surface area contributed by atoms with E-state index in [1.165, 1.54) is 5.56 Å². The Morgan fingerprint density at radius 3 is 2.39 bits per heavy atom. The van der Waals surface area contributed by atoms with Crippen molar-refractivity contribution in [2.75, 3.05) is 49.5 Å². The Kier molecular flexibility index (Phi) is 5.76. The predicted octanol–water partition coefficient (Wildman–Crippen LogP) is 3.90. The van der Waals surface area contributed by atoms with Crippen molar-refractivity contribution in [2.24, 2.45) is 5.41 Å². The number of pyridine rings is 1. The normalized spacial score (nSPS) is 19.0. The molecule has 4 rings (SSSR count). The second-order valence-electron chi connectivity index (χ2n) is 7.97. The Balaban J connectivity index is 1.31. The van der Waals surface area contributed by atoms with E-state index in [2.05, 4.69) is 38.3 Å².